The van der Waals surface area contributed by atoms with Crippen LogP contribution in [0.3, 0.4) is 0 Å². The van der Waals surface area contributed by atoms with Gasteiger partial charge in [0.25, 0.3) is 0 Å². The molecule has 1 aliphatic carbocycles. The van der Waals surface area contributed by atoms with Crippen LogP contribution >= 0.6 is 0 Å². The standard InChI is InChI=1S/C9H14O6/c1-14-9-6-4(5(6)8(12)13)7(11)3(2-10)15-9/h3-7,9-11H,2H2,1H3,(H,12,13)/t3-,4?,5-,6-,7?,9+/m1/s1. The van der Waals surface area contributed by atoms with E-state index < -0.39 is 30.4 Å². The summed E-state index contributed by atoms with van der Waals surface area (Å²) < 4.78 is 10.2. The highest BCUT2D eigenvalue weighted by atomic mass is 16.7. The number of methoxy groups -OCH3 is 1. The Morgan fingerprint density at radius 3 is 2.60 bits per heavy atom. The van der Waals surface area contributed by atoms with Crippen LogP contribution in [0.1, 0.15) is 0 Å². The van der Waals surface area contributed by atoms with Gasteiger partial charge in [0.1, 0.15) is 6.10 Å². The lowest BCUT2D eigenvalue weighted by Gasteiger charge is -2.31. The Hall–Kier alpha value is -0.690. The van der Waals surface area contributed by atoms with E-state index in [1.54, 1.807) is 0 Å². The predicted molar refractivity (Wildman–Crippen MR) is 46.9 cm³/mol. The van der Waals surface area contributed by atoms with E-state index in [0.717, 1.165) is 0 Å². The van der Waals surface area contributed by atoms with Gasteiger partial charge in [0.2, 0.25) is 0 Å². The second kappa shape index (κ2) is 3.71. The van der Waals surface area contributed by atoms with E-state index in [2.05, 4.69) is 0 Å². The van der Waals surface area contributed by atoms with Gasteiger partial charge in [-0.05, 0) is 0 Å². The first-order chi connectivity index (χ1) is 7.11. The SMILES string of the molecule is CO[C@H]1O[C@H](CO)C(O)C2[C@@H]1[C@@H]2C(=O)O. The average Bonchev–Trinajstić information content (AvgIpc) is 2.94. The Morgan fingerprint density at radius 1 is 1.47 bits per heavy atom. The van der Waals surface area contributed by atoms with E-state index in [0.29, 0.717) is 0 Å². The number of aliphatic carboxylic acids is 1. The number of hydrogen-bond acceptors (Lipinski definition) is 5. The zero-order valence-electron chi connectivity index (χ0n) is 8.24. The van der Waals surface area contributed by atoms with Gasteiger partial charge in [-0.2, -0.15) is 0 Å². The fraction of sp³-hybridized carbons (Fsp3) is 0.889. The lowest BCUT2D eigenvalue weighted by molar-refractivity contribution is -0.225. The highest BCUT2D eigenvalue weighted by Gasteiger charge is 2.66. The van der Waals surface area contributed by atoms with Crippen LogP contribution in [0, 0.1) is 17.8 Å². The zero-order valence-corrected chi connectivity index (χ0v) is 8.24. The number of rotatable bonds is 3. The third-order valence-electron chi connectivity index (χ3n) is 3.23. The van der Waals surface area contributed by atoms with Crippen molar-refractivity contribution in [3.63, 3.8) is 0 Å². The number of aliphatic hydroxyl groups is 2. The average molecular weight is 218 g/mol. The van der Waals surface area contributed by atoms with Gasteiger partial charge < -0.3 is 24.8 Å². The molecule has 6 heteroatoms. The van der Waals surface area contributed by atoms with Crippen molar-refractivity contribution in [1.82, 2.24) is 0 Å². The lowest BCUT2D eigenvalue weighted by atomic mass is 10.0. The molecule has 0 aromatic carbocycles. The van der Waals surface area contributed by atoms with Crippen LogP contribution < -0.4 is 0 Å². The van der Waals surface area contributed by atoms with E-state index in [1.165, 1.54) is 7.11 Å². The van der Waals surface area contributed by atoms with Crippen LogP contribution in [0.5, 0.6) is 0 Å². The normalized spacial score (nSPS) is 48.5. The van der Waals surface area contributed by atoms with Crippen molar-refractivity contribution in [1.29, 1.82) is 0 Å². The zero-order chi connectivity index (χ0) is 11.2. The van der Waals surface area contributed by atoms with Gasteiger partial charge >= 0.3 is 5.97 Å². The van der Waals surface area contributed by atoms with E-state index in [9.17, 15) is 9.90 Å². The first-order valence-electron chi connectivity index (χ1n) is 4.81. The fourth-order valence-electron chi connectivity index (χ4n) is 2.43. The Morgan fingerprint density at radius 2 is 2.13 bits per heavy atom. The number of fused-ring (bicyclic) bond motifs is 1. The Balaban J connectivity index is 2.13. The molecule has 0 amide bonds. The number of ether oxygens (including phenoxy) is 2. The van der Waals surface area contributed by atoms with Gasteiger partial charge in [0.05, 0.1) is 18.6 Å². The summed E-state index contributed by atoms with van der Waals surface area (Å²) in [6.45, 7) is -0.337. The topological polar surface area (TPSA) is 96.2 Å². The van der Waals surface area contributed by atoms with Gasteiger partial charge in [0.15, 0.2) is 6.29 Å². The second-order valence-corrected chi connectivity index (χ2v) is 3.97. The number of carbonyl (C=O) groups is 1. The maximum Gasteiger partial charge on any atom is 0.307 e. The summed E-state index contributed by atoms with van der Waals surface area (Å²) in [6.07, 6.45) is -2.32. The van der Waals surface area contributed by atoms with Crippen molar-refractivity contribution in [3.8, 4) is 0 Å². The fourth-order valence-corrected chi connectivity index (χ4v) is 2.43. The van der Waals surface area contributed by atoms with Crippen LogP contribution in [-0.4, -0.2) is 53.5 Å². The third kappa shape index (κ3) is 1.53. The molecule has 1 saturated carbocycles. The van der Waals surface area contributed by atoms with Crippen molar-refractivity contribution in [2.45, 2.75) is 18.5 Å². The van der Waals surface area contributed by atoms with Crippen molar-refractivity contribution in [3.05, 3.63) is 0 Å². The summed E-state index contributed by atoms with van der Waals surface area (Å²) >= 11 is 0. The predicted octanol–water partition coefficient (Wildman–Crippen LogP) is -1.34. The number of carboxylic acids is 1. The van der Waals surface area contributed by atoms with Crippen molar-refractivity contribution >= 4 is 5.97 Å². The first kappa shape index (κ1) is 10.8. The molecule has 86 valence electrons. The molecular weight excluding hydrogens is 204 g/mol. The van der Waals surface area contributed by atoms with Gasteiger partial charge in [-0.3, -0.25) is 4.79 Å². The number of hydrogen-bond donors (Lipinski definition) is 3. The van der Waals surface area contributed by atoms with Crippen LogP contribution in [0.15, 0.2) is 0 Å². The molecule has 1 aliphatic heterocycles. The maximum absolute atomic E-state index is 10.8. The molecule has 2 rings (SSSR count). The lowest BCUT2D eigenvalue weighted by Crippen LogP contribution is -2.43. The molecule has 6 nitrogen and oxygen atoms in total. The molecule has 0 aromatic heterocycles. The Labute approximate surface area is 86.4 Å². The second-order valence-electron chi connectivity index (χ2n) is 3.97. The molecule has 2 unspecified atom stereocenters. The van der Waals surface area contributed by atoms with Gasteiger partial charge in [0, 0.05) is 18.9 Å². The van der Waals surface area contributed by atoms with Gasteiger partial charge in [-0.15, -0.1) is 0 Å². The van der Waals surface area contributed by atoms with Crippen molar-refractivity contribution in [2.24, 2.45) is 17.8 Å². The molecule has 3 N–H and O–H groups in total. The van der Waals surface area contributed by atoms with E-state index in [4.69, 9.17) is 19.7 Å². The molecule has 0 bridgehead atoms. The Kier molecular flexibility index (Phi) is 2.68. The van der Waals surface area contributed by atoms with Crippen molar-refractivity contribution in [2.75, 3.05) is 13.7 Å². The maximum atomic E-state index is 10.8. The number of carboxylic acid groups (broad SMARTS) is 1. The first-order valence-corrected chi connectivity index (χ1v) is 4.81. The van der Waals surface area contributed by atoms with Gasteiger partial charge in [-0.25, -0.2) is 0 Å². The van der Waals surface area contributed by atoms with E-state index in [-0.39, 0.29) is 18.4 Å². The molecule has 15 heavy (non-hydrogen) atoms. The molecule has 2 fully saturated rings. The third-order valence-corrected chi connectivity index (χ3v) is 3.23. The van der Waals surface area contributed by atoms with Crippen LogP contribution in [0.4, 0.5) is 0 Å². The van der Waals surface area contributed by atoms with Crippen LogP contribution in [0.2, 0.25) is 0 Å². The summed E-state index contributed by atoms with van der Waals surface area (Å²) in [5, 5.41) is 27.5. The molecule has 1 saturated heterocycles. The Bertz CT molecular complexity index is 267. The quantitative estimate of drug-likeness (QED) is 0.542. The molecule has 0 spiro atoms. The summed E-state index contributed by atoms with van der Waals surface area (Å²) in [5.74, 6) is -2.24. The smallest absolute Gasteiger partial charge is 0.307 e. The molecule has 2 aliphatic rings. The van der Waals surface area contributed by atoms with Gasteiger partial charge in [-0.1, -0.05) is 0 Å². The number of aliphatic hydroxyl groups excluding tert-OH is 2. The van der Waals surface area contributed by atoms with E-state index >= 15 is 0 Å². The minimum absolute atomic E-state index is 0.301. The summed E-state index contributed by atoms with van der Waals surface area (Å²) in [7, 11) is 1.42. The molecule has 1 heterocycles. The minimum Gasteiger partial charge on any atom is -0.481 e. The molecule has 6 atom stereocenters. The summed E-state index contributed by atoms with van der Waals surface area (Å²) in [4.78, 5) is 10.8. The highest BCUT2D eigenvalue weighted by molar-refractivity contribution is 5.74. The molecule has 0 aromatic rings. The molecular formula is C9H14O6. The van der Waals surface area contributed by atoms with Crippen LogP contribution in [0.25, 0.3) is 0 Å². The molecule has 0 radical (unpaired) electrons. The monoisotopic (exact) mass is 218 g/mol. The van der Waals surface area contributed by atoms with E-state index in [1.807, 2.05) is 0 Å². The minimum atomic E-state index is -0.951. The summed E-state index contributed by atoms with van der Waals surface area (Å²) in [5.41, 5.74) is 0. The van der Waals surface area contributed by atoms with Crippen LogP contribution in [-0.2, 0) is 14.3 Å². The largest absolute Gasteiger partial charge is 0.481 e. The van der Waals surface area contributed by atoms with Crippen molar-refractivity contribution < 1.29 is 29.6 Å². The highest BCUT2D eigenvalue weighted by Crippen LogP contribution is 2.55. The summed E-state index contributed by atoms with van der Waals surface area (Å²) in [6, 6.07) is 0.